The second kappa shape index (κ2) is 10.2. The Bertz CT molecular complexity index is 2030. The molecule has 8 nitrogen and oxygen atoms in total. The number of pyridine rings is 1. The number of nitrogens with zero attached hydrogens (tertiary/aromatic N) is 5. The zero-order valence-corrected chi connectivity index (χ0v) is 22.9. The Balaban J connectivity index is 1.48. The molecule has 196 valence electrons. The van der Waals surface area contributed by atoms with Crippen molar-refractivity contribution in [3.63, 3.8) is 0 Å². The molecular formula is C31H24N6O2S. The van der Waals surface area contributed by atoms with Gasteiger partial charge in [0, 0.05) is 29.3 Å². The Morgan fingerprint density at radius 2 is 1.85 bits per heavy atom. The van der Waals surface area contributed by atoms with E-state index in [1.54, 1.807) is 40.8 Å². The van der Waals surface area contributed by atoms with E-state index in [0.717, 1.165) is 15.3 Å². The molecule has 0 bridgehead atoms. The summed E-state index contributed by atoms with van der Waals surface area (Å²) >= 11 is 1.51. The van der Waals surface area contributed by atoms with Crippen LogP contribution in [0.2, 0.25) is 0 Å². The van der Waals surface area contributed by atoms with Crippen molar-refractivity contribution >= 4 is 33.7 Å². The summed E-state index contributed by atoms with van der Waals surface area (Å²) in [5.74, 6) is 6.01. The van der Waals surface area contributed by atoms with Crippen LogP contribution in [0.1, 0.15) is 50.2 Å². The number of rotatable bonds is 4. The van der Waals surface area contributed by atoms with Crippen LogP contribution in [0, 0.1) is 25.7 Å². The Morgan fingerprint density at radius 3 is 2.62 bits per heavy atom. The average Bonchev–Trinajstić information content (AvgIpc) is 3.60. The molecule has 0 aliphatic heterocycles. The van der Waals surface area contributed by atoms with Gasteiger partial charge in [-0.15, -0.1) is 11.3 Å². The van der Waals surface area contributed by atoms with Crippen LogP contribution in [0.4, 0.5) is 0 Å². The quantitative estimate of drug-likeness (QED) is 0.315. The predicted molar refractivity (Wildman–Crippen MR) is 156 cm³/mol. The zero-order valence-electron chi connectivity index (χ0n) is 22.0. The number of carbonyl (C=O) groups excluding carboxylic acids is 1. The van der Waals surface area contributed by atoms with Gasteiger partial charge in [-0.3, -0.25) is 18.6 Å². The van der Waals surface area contributed by atoms with Gasteiger partial charge in [-0.1, -0.05) is 36.3 Å². The van der Waals surface area contributed by atoms with Crippen molar-refractivity contribution < 1.29 is 4.79 Å². The van der Waals surface area contributed by atoms with Crippen molar-refractivity contribution in [1.82, 2.24) is 29.2 Å². The number of imidazole rings is 1. The molecule has 0 aliphatic carbocycles. The number of hydrogen-bond donors (Lipinski definition) is 1. The van der Waals surface area contributed by atoms with Gasteiger partial charge >= 0.3 is 0 Å². The predicted octanol–water partition coefficient (Wildman–Crippen LogP) is 5.00. The number of nitrogens with one attached hydrogen (secondary N) is 1. The van der Waals surface area contributed by atoms with E-state index in [4.69, 9.17) is 0 Å². The van der Waals surface area contributed by atoms with Crippen LogP contribution in [0.15, 0.2) is 84.3 Å². The van der Waals surface area contributed by atoms with Gasteiger partial charge in [-0.2, -0.15) is 0 Å². The van der Waals surface area contributed by atoms with Crippen molar-refractivity contribution in [3.05, 3.63) is 122 Å². The molecule has 0 unspecified atom stereocenters. The number of fused-ring (bicyclic) bond motifs is 2. The Hall–Kier alpha value is -5.07. The largest absolute Gasteiger partial charge is 0.344 e. The number of para-hydroxylation sites is 1. The van der Waals surface area contributed by atoms with Gasteiger partial charge in [0.2, 0.25) is 0 Å². The maximum Gasteiger partial charge on any atom is 0.264 e. The maximum absolute atomic E-state index is 14.2. The van der Waals surface area contributed by atoms with Crippen LogP contribution in [0.3, 0.4) is 0 Å². The van der Waals surface area contributed by atoms with E-state index < -0.39 is 6.04 Å². The fourth-order valence-corrected chi connectivity index (χ4v) is 5.41. The maximum atomic E-state index is 14.2. The van der Waals surface area contributed by atoms with E-state index in [-0.39, 0.29) is 11.5 Å². The third-order valence-electron chi connectivity index (χ3n) is 6.68. The van der Waals surface area contributed by atoms with Crippen LogP contribution in [0.25, 0.3) is 22.1 Å². The fourth-order valence-electron chi connectivity index (χ4n) is 4.78. The van der Waals surface area contributed by atoms with E-state index in [0.29, 0.717) is 39.2 Å². The Morgan fingerprint density at radius 1 is 1.02 bits per heavy atom. The molecule has 0 spiro atoms. The molecular weight excluding hydrogens is 520 g/mol. The second-order valence-corrected chi connectivity index (χ2v) is 10.6. The third-order valence-corrected chi connectivity index (χ3v) is 7.51. The summed E-state index contributed by atoms with van der Waals surface area (Å²) in [5, 5.41) is 5.27. The highest BCUT2D eigenvalue weighted by Gasteiger charge is 2.22. The molecule has 4 aromatic heterocycles. The van der Waals surface area contributed by atoms with Crippen molar-refractivity contribution in [3.8, 4) is 17.5 Å². The van der Waals surface area contributed by atoms with Crippen molar-refractivity contribution in [2.75, 3.05) is 0 Å². The molecule has 0 saturated carbocycles. The highest BCUT2D eigenvalue weighted by molar-refractivity contribution is 7.12. The van der Waals surface area contributed by atoms with E-state index in [1.165, 1.54) is 11.3 Å². The summed E-state index contributed by atoms with van der Waals surface area (Å²) in [5.41, 5.74) is 3.25. The smallest absolute Gasteiger partial charge is 0.264 e. The summed E-state index contributed by atoms with van der Waals surface area (Å²) in [6, 6.07) is 16.5. The Labute approximate surface area is 234 Å². The summed E-state index contributed by atoms with van der Waals surface area (Å²) in [6.45, 7) is 5.57. The minimum absolute atomic E-state index is 0.210. The van der Waals surface area contributed by atoms with E-state index in [9.17, 15) is 9.59 Å². The van der Waals surface area contributed by atoms with Gasteiger partial charge < -0.3 is 5.32 Å². The molecule has 2 aromatic carbocycles. The number of carbonyl (C=O) groups is 1. The molecule has 6 rings (SSSR count). The minimum Gasteiger partial charge on any atom is -0.344 e. The summed E-state index contributed by atoms with van der Waals surface area (Å²) in [7, 11) is 0. The summed E-state index contributed by atoms with van der Waals surface area (Å²) in [6.07, 6.45) is 6.74. The van der Waals surface area contributed by atoms with Crippen molar-refractivity contribution in [2.45, 2.75) is 26.8 Å². The number of aromatic nitrogens is 5. The normalized spacial score (nSPS) is 11.8. The highest BCUT2D eigenvalue weighted by atomic mass is 32.1. The number of aryl methyl sites for hydroxylation is 2. The topological polar surface area (TPSA) is 94.2 Å². The lowest BCUT2D eigenvalue weighted by molar-refractivity contribution is 0.0938. The van der Waals surface area contributed by atoms with Gasteiger partial charge in [0.25, 0.3) is 11.5 Å². The first-order valence-corrected chi connectivity index (χ1v) is 13.5. The highest BCUT2D eigenvalue weighted by Crippen LogP contribution is 2.24. The van der Waals surface area contributed by atoms with Gasteiger partial charge in [-0.05, 0) is 56.3 Å². The first kappa shape index (κ1) is 25.2. The SMILES string of the molecule is Cc1ncc(C#Cc2cccc3cc([C@@H](C)NC(=O)c4c(C)ncn5ccnc45)n(-c4ccccc4)c(=O)c23)s1. The van der Waals surface area contributed by atoms with Gasteiger partial charge in [0.15, 0.2) is 5.65 Å². The zero-order chi connectivity index (χ0) is 27.8. The van der Waals surface area contributed by atoms with Crippen molar-refractivity contribution in [1.29, 1.82) is 0 Å². The van der Waals surface area contributed by atoms with Crippen LogP contribution >= 0.6 is 11.3 Å². The molecule has 9 heteroatoms. The number of amides is 1. The fraction of sp³-hybridized carbons (Fsp3) is 0.129. The Kier molecular flexibility index (Phi) is 6.46. The molecule has 6 aromatic rings. The summed E-state index contributed by atoms with van der Waals surface area (Å²) < 4.78 is 3.36. The van der Waals surface area contributed by atoms with E-state index in [2.05, 4.69) is 32.1 Å². The minimum atomic E-state index is -0.519. The molecule has 0 radical (unpaired) electrons. The molecule has 0 aliphatic rings. The van der Waals surface area contributed by atoms with E-state index in [1.807, 2.05) is 68.4 Å². The molecule has 0 fully saturated rings. The average molecular weight is 545 g/mol. The van der Waals surface area contributed by atoms with Crippen LogP contribution < -0.4 is 10.9 Å². The number of hydrogen-bond acceptors (Lipinski definition) is 6. The van der Waals surface area contributed by atoms with Gasteiger partial charge in [-0.25, -0.2) is 15.0 Å². The van der Waals surface area contributed by atoms with Crippen LogP contribution in [-0.2, 0) is 0 Å². The molecule has 1 N–H and O–H groups in total. The van der Waals surface area contributed by atoms with Gasteiger partial charge in [0.1, 0.15) is 11.9 Å². The lowest BCUT2D eigenvalue weighted by Crippen LogP contribution is -2.33. The molecule has 1 amide bonds. The van der Waals surface area contributed by atoms with E-state index >= 15 is 0 Å². The number of thiazole rings is 1. The standard InChI is InChI=1S/C31H24N6O2S/c1-19(35-30(38)27-20(2)34-18-36-15-14-32-29(27)36)26-16-23-9-7-8-22(12-13-25-17-33-21(3)40-25)28(23)31(39)37(26)24-10-5-4-6-11-24/h4-11,14-19H,1-3H3,(H,35,38)/t19-/m1/s1. The molecule has 1 atom stereocenters. The lowest BCUT2D eigenvalue weighted by atomic mass is 10.0. The van der Waals surface area contributed by atoms with Crippen LogP contribution in [0.5, 0.6) is 0 Å². The second-order valence-electron chi connectivity index (χ2n) is 9.37. The molecule has 0 saturated heterocycles. The monoisotopic (exact) mass is 544 g/mol. The first-order chi connectivity index (χ1) is 19.4. The van der Waals surface area contributed by atoms with Crippen molar-refractivity contribution in [2.24, 2.45) is 0 Å². The first-order valence-electron chi connectivity index (χ1n) is 12.7. The van der Waals surface area contributed by atoms with Gasteiger partial charge in [0.05, 0.1) is 33.2 Å². The molecule has 4 heterocycles. The number of benzene rings is 2. The third kappa shape index (κ3) is 4.55. The molecule has 40 heavy (non-hydrogen) atoms. The van der Waals surface area contributed by atoms with Crippen LogP contribution in [-0.4, -0.2) is 29.8 Å². The summed E-state index contributed by atoms with van der Waals surface area (Å²) in [4.78, 5) is 41.5. The lowest BCUT2D eigenvalue weighted by Gasteiger charge is -2.21.